The maximum Gasteiger partial charge on any atom is 0.0667 e. The summed E-state index contributed by atoms with van der Waals surface area (Å²) in [5.41, 5.74) is 0. The van der Waals surface area contributed by atoms with Crippen molar-refractivity contribution in [2.45, 2.75) is 54.3 Å². The van der Waals surface area contributed by atoms with Gasteiger partial charge in [-0.05, 0) is 12.8 Å². The fraction of sp³-hybridized carbons (Fsp3) is 1.00. The summed E-state index contributed by atoms with van der Waals surface area (Å²) in [5, 5.41) is 0.349. The molecule has 0 aromatic rings. The zero-order chi connectivity index (χ0) is 9.03. The molecule has 72 valence electrons. The minimum Gasteiger partial charge on any atom is -0.174 e. The Hall–Kier alpha value is 1.05. The van der Waals surface area contributed by atoms with Crippen LogP contribution in [0, 0.1) is 0 Å². The van der Waals surface area contributed by atoms with Crippen LogP contribution in [-0.4, -0.2) is 9.33 Å². The highest BCUT2D eigenvalue weighted by atomic mass is 32.2. The van der Waals surface area contributed by atoms with E-state index in [0.29, 0.717) is 5.25 Å². The Morgan fingerprint density at radius 2 is 1.50 bits per heavy atom. The van der Waals surface area contributed by atoms with Crippen molar-refractivity contribution in [3.8, 4) is 0 Å². The van der Waals surface area contributed by atoms with E-state index in [-0.39, 0.29) is 4.08 Å². The first kappa shape index (κ1) is 11.1. The highest BCUT2D eigenvalue weighted by molar-refractivity contribution is 8.02. The molecule has 0 amide bonds. The molecular weight excluding hydrogens is 204 g/mol. The molecule has 0 aliphatic heterocycles. The van der Waals surface area contributed by atoms with E-state index in [1.807, 2.05) is 0 Å². The van der Waals surface area contributed by atoms with Crippen molar-refractivity contribution in [1.82, 2.24) is 0 Å². The molecule has 0 saturated heterocycles. The first-order valence-electron chi connectivity index (χ1n) is 4.76. The molecule has 12 heavy (non-hydrogen) atoms. The predicted molar refractivity (Wildman–Crippen MR) is 65.8 cm³/mol. The van der Waals surface area contributed by atoms with Crippen LogP contribution in [0.4, 0.5) is 0 Å². The third-order valence-electron chi connectivity index (χ3n) is 2.56. The average Bonchev–Trinajstić information content (AvgIpc) is 2.06. The van der Waals surface area contributed by atoms with Gasteiger partial charge in [0.25, 0.3) is 0 Å². The van der Waals surface area contributed by atoms with Gasteiger partial charge in [-0.2, -0.15) is 37.9 Å². The molecule has 1 unspecified atom stereocenters. The van der Waals surface area contributed by atoms with Gasteiger partial charge >= 0.3 is 0 Å². The topological polar surface area (TPSA) is 0 Å². The molecular formula is C9H18S3. The summed E-state index contributed by atoms with van der Waals surface area (Å²) in [5.74, 6) is 0. The zero-order valence-electron chi connectivity index (χ0n) is 7.37. The van der Waals surface area contributed by atoms with Gasteiger partial charge in [-0.25, -0.2) is 0 Å². The van der Waals surface area contributed by atoms with E-state index in [9.17, 15) is 0 Å². The molecule has 0 N–H and O–H groups in total. The van der Waals surface area contributed by atoms with Crippen molar-refractivity contribution in [2.24, 2.45) is 0 Å². The fourth-order valence-electron chi connectivity index (χ4n) is 1.65. The van der Waals surface area contributed by atoms with Gasteiger partial charge in [0.15, 0.2) is 0 Å². The van der Waals surface area contributed by atoms with Gasteiger partial charge in [0, 0.05) is 5.25 Å². The largest absolute Gasteiger partial charge is 0.174 e. The van der Waals surface area contributed by atoms with Crippen molar-refractivity contribution in [1.29, 1.82) is 0 Å². The molecule has 1 rings (SSSR count). The first-order chi connectivity index (χ1) is 5.63. The Morgan fingerprint density at radius 3 is 2.25 bits per heavy atom. The molecule has 0 aromatic carbocycles. The molecule has 0 radical (unpaired) electrons. The van der Waals surface area contributed by atoms with Crippen LogP contribution in [-0.2, 0) is 0 Å². The number of thiol groups is 3. The summed E-state index contributed by atoms with van der Waals surface area (Å²) in [4.78, 5) is 0. The van der Waals surface area contributed by atoms with E-state index in [0.717, 1.165) is 12.8 Å². The van der Waals surface area contributed by atoms with Crippen molar-refractivity contribution in [3.63, 3.8) is 0 Å². The van der Waals surface area contributed by atoms with Crippen LogP contribution < -0.4 is 0 Å². The summed E-state index contributed by atoms with van der Waals surface area (Å²) < 4.78 is -0.145. The summed E-state index contributed by atoms with van der Waals surface area (Å²) in [6.45, 7) is 0. The Bertz CT molecular complexity index is 134. The minimum atomic E-state index is -0.145. The second kappa shape index (κ2) is 5.06. The Kier molecular flexibility index (Phi) is 4.69. The summed E-state index contributed by atoms with van der Waals surface area (Å²) in [6, 6.07) is 0. The van der Waals surface area contributed by atoms with Gasteiger partial charge in [-0.1, -0.05) is 32.1 Å². The molecule has 0 nitrogen and oxygen atoms in total. The van der Waals surface area contributed by atoms with Crippen molar-refractivity contribution in [3.05, 3.63) is 0 Å². The van der Waals surface area contributed by atoms with Gasteiger partial charge in [-0.15, -0.1) is 0 Å². The molecule has 1 aliphatic rings. The van der Waals surface area contributed by atoms with E-state index >= 15 is 0 Å². The second-order valence-electron chi connectivity index (χ2n) is 3.70. The molecule has 3 heteroatoms. The van der Waals surface area contributed by atoms with Crippen LogP contribution >= 0.6 is 37.9 Å². The molecule has 0 aromatic heterocycles. The van der Waals surface area contributed by atoms with E-state index in [4.69, 9.17) is 0 Å². The van der Waals surface area contributed by atoms with Gasteiger partial charge in [0.05, 0.1) is 4.08 Å². The number of hydrogen-bond donors (Lipinski definition) is 3. The predicted octanol–water partition coefficient (Wildman–Crippen LogP) is 3.59. The molecule has 0 spiro atoms. The lowest BCUT2D eigenvalue weighted by atomic mass is 10.1. The highest BCUT2D eigenvalue weighted by Crippen LogP contribution is 2.37. The van der Waals surface area contributed by atoms with E-state index in [2.05, 4.69) is 37.9 Å². The fourth-order valence-corrected chi connectivity index (χ4v) is 2.54. The maximum atomic E-state index is 4.57. The van der Waals surface area contributed by atoms with Crippen LogP contribution in [0.1, 0.15) is 44.9 Å². The van der Waals surface area contributed by atoms with E-state index < -0.39 is 0 Å². The van der Waals surface area contributed by atoms with Crippen molar-refractivity contribution < 1.29 is 0 Å². The van der Waals surface area contributed by atoms with Gasteiger partial charge in [0.2, 0.25) is 0 Å². The van der Waals surface area contributed by atoms with E-state index in [1.54, 1.807) is 0 Å². The summed E-state index contributed by atoms with van der Waals surface area (Å²) in [6.07, 6.45) is 8.86. The maximum absolute atomic E-state index is 4.57. The van der Waals surface area contributed by atoms with Crippen LogP contribution in [0.2, 0.25) is 0 Å². The average molecular weight is 222 g/mol. The lowest BCUT2D eigenvalue weighted by molar-refractivity contribution is 0.621. The summed E-state index contributed by atoms with van der Waals surface area (Å²) >= 11 is 13.7. The Morgan fingerprint density at radius 1 is 0.917 bits per heavy atom. The third kappa shape index (κ3) is 3.43. The van der Waals surface area contributed by atoms with Crippen LogP contribution in [0.5, 0.6) is 0 Å². The normalized spacial score (nSPS) is 31.8. The van der Waals surface area contributed by atoms with Crippen molar-refractivity contribution in [2.75, 3.05) is 0 Å². The highest BCUT2D eigenvalue weighted by Gasteiger charge is 2.28. The minimum absolute atomic E-state index is 0.145. The Balaban J connectivity index is 2.47. The Labute approximate surface area is 92.1 Å². The van der Waals surface area contributed by atoms with Gasteiger partial charge in [0.1, 0.15) is 0 Å². The SMILES string of the molecule is SC1CCCCCCCC1(S)S. The smallest absolute Gasteiger partial charge is 0.0667 e. The zero-order valence-corrected chi connectivity index (χ0v) is 10.1. The molecule has 0 bridgehead atoms. The quantitative estimate of drug-likeness (QED) is 0.405. The monoisotopic (exact) mass is 222 g/mol. The standard InChI is InChI=1S/C9H18S3/c10-8-6-4-2-1-3-5-7-9(8,11)12/h8,10-12H,1-7H2. The number of hydrogen-bond acceptors (Lipinski definition) is 3. The molecule has 0 heterocycles. The molecule has 1 fully saturated rings. The lowest BCUT2D eigenvalue weighted by Gasteiger charge is -2.28. The third-order valence-corrected chi connectivity index (χ3v) is 4.73. The lowest BCUT2D eigenvalue weighted by Crippen LogP contribution is -2.26. The van der Waals surface area contributed by atoms with Crippen LogP contribution in [0.3, 0.4) is 0 Å². The van der Waals surface area contributed by atoms with Crippen LogP contribution in [0.25, 0.3) is 0 Å². The first-order valence-corrected chi connectivity index (χ1v) is 6.17. The van der Waals surface area contributed by atoms with Gasteiger partial charge in [-0.3, -0.25) is 0 Å². The molecule has 1 aliphatic carbocycles. The van der Waals surface area contributed by atoms with Crippen LogP contribution in [0.15, 0.2) is 0 Å². The van der Waals surface area contributed by atoms with E-state index in [1.165, 1.54) is 32.1 Å². The molecule has 1 saturated carbocycles. The summed E-state index contributed by atoms with van der Waals surface area (Å²) in [7, 11) is 0. The number of rotatable bonds is 0. The van der Waals surface area contributed by atoms with Crippen molar-refractivity contribution >= 4 is 37.9 Å². The molecule has 1 atom stereocenters. The second-order valence-corrected chi connectivity index (χ2v) is 6.27. The van der Waals surface area contributed by atoms with Gasteiger partial charge < -0.3 is 0 Å².